The lowest BCUT2D eigenvalue weighted by Gasteiger charge is -2.35. The summed E-state index contributed by atoms with van der Waals surface area (Å²) in [6.07, 6.45) is -3.85. The van der Waals surface area contributed by atoms with E-state index in [2.05, 4.69) is 15.6 Å². The maximum Gasteiger partial charge on any atom is 0.418 e. The Labute approximate surface area is 198 Å². The first-order valence-electron chi connectivity index (χ1n) is 11.1. The van der Waals surface area contributed by atoms with Gasteiger partial charge in [0.2, 0.25) is 11.8 Å². The van der Waals surface area contributed by atoms with Crippen LogP contribution in [0.5, 0.6) is 0 Å². The van der Waals surface area contributed by atoms with E-state index in [-0.39, 0.29) is 11.1 Å². The van der Waals surface area contributed by atoms with Crippen LogP contribution in [0.2, 0.25) is 0 Å². The molecule has 3 aromatic rings. The van der Waals surface area contributed by atoms with Crippen LogP contribution in [0, 0.1) is 11.6 Å². The normalized spacial score (nSPS) is 18.7. The summed E-state index contributed by atoms with van der Waals surface area (Å²) in [5.74, 6) is -2.93. The molecular formula is C25H24F5N3O2. The Morgan fingerprint density at radius 3 is 2.43 bits per heavy atom. The number of hydrogen-bond donors (Lipinski definition) is 3. The number of aryl methyl sites for hydroxylation is 1. The van der Waals surface area contributed by atoms with E-state index in [0.29, 0.717) is 35.9 Å². The van der Waals surface area contributed by atoms with Crippen molar-refractivity contribution in [2.45, 2.75) is 57.3 Å². The molecule has 1 aliphatic rings. The maximum absolute atomic E-state index is 13.8. The topological polar surface area (TPSA) is 74.0 Å². The summed E-state index contributed by atoms with van der Waals surface area (Å²) in [7, 11) is 0. The van der Waals surface area contributed by atoms with Crippen LogP contribution in [0.3, 0.4) is 0 Å². The molecule has 4 rings (SSSR count). The molecular weight excluding hydrogens is 469 g/mol. The van der Waals surface area contributed by atoms with E-state index in [1.165, 1.54) is 19.1 Å². The Balaban J connectivity index is 1.45. The second-order valence-electron chi connectivity index (χ2n) is 9.20. The van der Waals surface area contributed by atoms with Crippen molar-refractivity contribution < 1.29 is 31.5 Å². The number of para-hydroxylation sites is 1. The lowest BCUT2D eigenvalue weighted by atomic mass is 9.81. The number of carbonyl (C=O) groups excluding carboxylic acids is 2. The lowest BCUT2D eigenvalue weighted by molar-refractivity contribution is -0.136. The molecule has 2 unspecified atom stereocenters. The number of amides is 2. The predicted molar refractivity (Wildman–Crippen MR) is 120 cm³/mol. The zero-order chi connectivity index (χ0) is 25.5. The number of aromatic amines is 1. The standard InChI is InChI=1S/C25H24F5N3O2/c1-13(31-21(34)11-15-18(26)7-4-8-19(15)27)23(35)33-24(2)10-9-20-16(12-24)14-5-3-6-17(22(14)32-20)25(28,29)30/h3-8,13,32H,9-12H2,1-2H3,(H,31,34)(H,33,35). The van der Waals surface area contributed by atoms with Crippen LogP contribution in [0.15, 0.2) is 36.4 Å². The average molecular weight is 493 g/mol. The van der Waals surface area contributed by atoms with Crippen LogP contribution in [0.1, 0.15) is 42.7 Å². The number of hydrogen-bond acceptors (Lipinski definition) is 2. The second kappa shape index (κ2) is 8.98. The van der Waals surface area contributed by atoms with Gasteiger partial charge in [0, 0.05) is 22.2 Å². The fraction of sp³-hybridized carbons (Fsp3) is 0.360. The zero-order valence-electron chi connectivity index (χ0n) is 19.1. The highest BCUT2D eigenvalue weighted by Gasteiger charge is 2.38. The van der Waals surface area contributed by atoms with Crippen LogP contribution in [0.25, 0.3) is 10.9 Å². The molecule has 3 N–H and O–H groups in total. The van der Waals surface area contributed by atoms with Gasteiger partial charge in [0.25, 0.3) is 0 Å². The maximum atomic E-state index is 13.8. The number of aromatic nitrogens is 1. The third kappa shape index (κ3) is 5.01. The summed E-state index contributed by atoms with van der Waals surface area (Å²) >= 11 is 0. The van der Waals surface area contributed by atoms with Gasteiger partial charge in [-0.3, -0.25) is 9.59 Å². The molecule has 0 saturated carbocycles. The smallest absolute Gasteiger partial charge is 0.358 e. The van der Waals surface area contributed by atoms with E-state index in [9.17, 15) is 31.5 Å². The Kier molecular flexibility index (Phi) is 6.33. The first-order chi connectivity index (χ1) is 16.4. The van der Waals surface area contributed by atoms with Crippen molar-refractivity contribution >= 4 is 22.7 Å². The summed E-state index contributed by atoms with van der Waals surface area (Å²) in [6.45, 7) is 3.24. The van der Waals surface area contributed by atoms with Gasteiger partial charge in [-0.1, -0.05) is 18.2 Å². The summed E-state index contributed by atoms with van der Waals surface area (Å²) in [5.41, 5.74) is -0.436. The first kappa shape index (κ1) is 24.7. The molecule has 10 heteroatoms. The third-order valence-corrected chi connectivity index (χ3v) is 6.42. The summed E-state index contributed by atoms with van der Waals surface area (Å²) in [5, 5.41) is 5.79. The van der Waals surface area contributed by atoms with Crippen molar-refractivity contribution in [3.05, 3.63) is 70.4 Å². The Bertz CT molecular complexity index is 1280. The van der Waals surface area contributed by atoms with Crippen LogP contribution in [0.4, 0.5) is 22.0 Å². The van der Waals surface area contributed by atoms with E-state index >= 15 is 0 Å². The van der Waals surface area contributed by atoms with Gasteiger partial charge < -0.3 is 15.6 Å². The highest BCUT2D eigenvalue weighted by Crippen LogP contribution is 2.39. The molecule has 0 saturated heterocycles. The SMILES string of the molecule is CC(NC(=O)Cc1c(F)cccc1F)C(=O)NC1(C)CCc2[nH]c3c(C(F)(F)F)cccc3c2C1. The number of alkyl halides is 3. The highest BCUT2D eigenvalue weighted by atomic mass is 19.4. The fourth-order valence-corrected chi connectivity index (χ4v) is 4.59. The van der Waals surface area contributed by atoms with E-state index < -0.39 is 53.2 Å². The van der Waals surface area contributed by atoms with Crippen molar-refractivity contribution in [3.63, 3.8) is 0 Å². The van der Waals surface area contributed by atoms with E-state index in [1.807, 2.05) is 0 Å². The minimum atomic E-state index is -4.50. The van der Waals surface area contributed by atoms with Gasteiger partial charge >= 0.3 is 6.18 Å². The van der Waals surface area contributed by atoms with Crippen LogP contribution >= 0.6 is 0 Å². The lowest BCUT2D eigenvalue weighted by Crippen LogP contribution is -2.55. The van der Waals surface area contributed by atoms with E-state index in [1.54, 1.807) is 13.0 Å². The van der Waals surface area contributed by atoms with E-state index in [0.717, 1.165) is 18.2 Å². The van der Waals surface area contributed by atoms with Crippen molar-refractivity contribution in [3.8, 4) is 0 Å². The molecule has 1 heterocycles. The summed E-state index contributed by atoms with van der Waals surface area (Å²) in [4.78, 5) is 28.0. The van der Waals surface area contributed by atoms with Gasteiger partial charge in [-0.2, -0.15) is 13.2 Å². The molecule has 2 amide bonds. The van der Waals surface area contributed by atoms with Crippen LogP contribution < -0.4 is 10.6 Å². The molecule has 0 fully saturated rings. The molecule has 0 bridgehead atoms. The van der Waals surface area contributed by atoms with Crippen molar-refractivity contribution in [2.75, 3.05) is 0 Å². The highest BCUT2D eigenvalue weighted by molar-refractivity contribution is 5.90. The molecule has 186 valence electrons. The van der Waals surface area contributed by atoms with Crippen molar-refractivity contribution in [1.82, 2.24) is 15.6 Å². The average Bonchev–Trinajstić information content (AvgIpc) is 3.13. The molecule has 35 heavy (non-hydrogen) atoms. The van der Waals surface area contributed by atoms with Gasteiger partial charge in [-0.25, -0.2) is 8.78 Å². The number of H-pyrrole nitrogens is 1. The molecule has 0 aliphatic heterocycles. The minimum Gasteiger partial charge on any atom is -0.358 e. The number of fused-ring (bicyclic) bond motifs is 3. The second-order valence-corrected chi connectivity index (χ2v) is 9.20. The Morgan fingerprint density at radius 2 is 1.77 bits per heavy atom. The monoisotopic (exact) mass is 493 g/mol. The zero-order valence-corrected chi connectivity index (χ0v) is 19.1. The van der Waals surface area contributed by atoms with Crippen molar-refractivity contribution in [2.24, 2.45) is 0 Å². The van der Waals surface area contributed by atoms with Gasteiger partial charge in [0.1, 0.15) is 17.7 Å². The van der Waals surface area contributed by atoms with Gasteiger partial charge in [-0.05, 0) is 56.9 Å². The van der Waals surface area contributed by atoms with Crippen LogP contribution in [-0.2, 0) is 35.0 Å². The number of benzene rings is 2. The number of nitrogens with one attached hydrogen (secondary N) is 3. The van der Waals surface area contributed by atoms with Crippen molar-refractivity contribution in [1.29, 1.82) is 0 Å². The number of halogens is 5. The van der Waals surface area contributed by atoms with Gasteiger partial charge in [-0.15, -0.1) is 0 Å². The quantitative estimate of drug-likeness (QED) is 0.456. The molecule has 0 spiro atoms. The van der Waals surface area contributed by atoms with E-state index in [4.69, 9.17) is 0 Å². The third-order valence-electron chi connectivity index (χ3n) is 6.42. The summed E-state index contributed by atoms with van der Waals surface area (Å²) in [6, 6.07) is 6.30. The largest absolute Gasteiger partial charge is 0.418 e. The Hall–Kier alpha value is -3.43. The van der Waals surface area contributed by atoms with Gasteiger partial charge in [0.05, 0.1) is 17.5 Å². The van der Waals surface area contributed by atoms with Gasteiger partial charge in [0.15, 0.2) is 0 Å². The minimum absolute atomic E-state index is 0.0292. The molecule has 2 atom stereocenters. The predicted octanol–water partition coefficient (Wildman–Crippen LogP) is 4.58. The Morgan fingerprint density at radius 1 is 1.11 bits per heavy atom. The molecule has 1 aliphatic carbocycles. The number of carbonyl (C=O) groups is 2. The molecule has 0 radical (unpaired) electrons. The fourth-order valence-electron chi connectivity index (χ4n) is 4.59. The number of rotatable bonds is 5. The molecule has 5 nitrogen and oxygen atoms in total. The van der Waals surface area contributed by atoms with Crippen LogP contribution in [-0.4, -0.2) is 28.4 Å². The molecule has 1 aromatic heterocycles. The summed E-state index contributed by atoms with van der Waals surface area (Å²) < 4.78 is 67.9. The first-order valence-corrected chi connectivity index (χ1v) is 11.1. The molecule has 2 aromatic carbocycles.